The number of rotatable bonds is 18. The number of non-ortho nitro benzene ring substituents is 1. The van der Waals surface area contributed by atoms with Crippen molar-refractivity contribution >= 4 is 52.3 Å². The first-order chi connectivity index (χ1) is 37.1. The Morgan fingerprint density at radius 1 is 0.590 bits per heavy atom. The Morgan fingerprint density at radius 3 is 1.44 bits per heavy atom. The molecule has 7 aromatic rings. The number of ketones is 2. The lowest BCUT2D eigenvalue weighted by Gasteiger charge is -2.26. The van der Waals surface area contributed by atoms with Crippen molar-refractivity contribution in [1.82, 2.24) is 5.32 Å². The molecule has 0 aliphatic carbocycles. The molecule has 0 saturated carbocycles. The molecule has 0 aromatic heterocycles. The van der Waals surface area contributed by atoms with E-state index in [0.29, 0.717) is 50.2 Å². The number of benzene rings is 7. The fourth-order valence-corrected chi connectivity index (χ4v) is 7.57. The monoisotopic (exact) mass is 1110 g/mol. The predicted octanol–water partition coefficient (Wildman–Crippen LogP) is 14.1. The highest BCUT2D eigenvalue weighted by Crippen LogP contribution is 2.32. The summed E-state index contributed by atoms with van der Waals surface area (Å²) < 4.78 is 66.7. The maximum absolute atomic E-state index is 13.0. The number of nitrogens with one attached hydrogen (secondary N) is 1. The molecular formula is C60H55Cl2F3N2O11. The van der Waals surface area contributed by atoms with E-state index in [1.165, 1.54) is 63.1 Å². The summed E-state index contributed by atoms with van der Waals surface area (Å²) in [6.07, 6.45) is -2.04. The Hall–Kier alpha value is -8.05. The Morgan fingerprint density at radius 2 is 1.01 bits per heavy atom. The van der Waals surface area contributed by atoms with Gasteiger partial charge in [0.15, 0.2) is 17.2 Å². The molecule has 7 aromatic carbocycles. The summed E-state index contributed by atoms with van der Waals surface area (Å²) >= 11 is 11.7. The van der Waals surface area contributed by atoms with Crippen LogP contribution in [0, 0.1) is 10.1 Å². The predicted molar refractivity (Wildman–Crippen MR) is 290 cm³/mol. The average Bonchev–Trinajstić information content (AvgIpc) is 4.03. The zero-order valence-corrected chi connectivity index (χ0v) is 44.4. The number of amides is 1. The summed E-state index contributed by atoms with van der Waals surface area (Å²) in [7, 11) is 0. The molecule has 0 spiro atoms. The standard InChI is InChI=1S/C33H29ClF3NO4.C23H18ClNO6.C4H8O/c1-32(2,42-28-16-10-24(11-17-28)30(39)23-8-14-26(34)15-9-23)31(40)38-21-20-29(22-6-4-3-5-7-22)41-27-18-12-25(13-19-27)33(35,36)37;1-23(2,22(27)30-19-13-9-18(10-14-19)25(28)29)31-20-11-5-16(6-12-20)21(26)15-3-7-17(24)8-4-15;1-2-4-5-3-1/h3-19,29H,20-21H2,1-2H3,(H,38,40);3-14H,1-2H3;1-4H2/t29-;;/m1../s1. The molecule has 1 atom stereocenters. The third-order valence-electron chi connectivity index (χ3n) is 11.6. The Bertz CT molecular complexity index is 3090. The fourth-order valence-electron chi connectivity index (χ4n) is 7.32. The van der Waals surface area contributed by atoms with E-state index in [2.05, 4.69) is 5.32 Å². The van der Waals surface area contributed by atoms with Crippen LogP contribution in [0.4, 0.5) is 18.9 Å². The third-order valence-corrected chi connectivity index (χ3v) is 12.1. The van der Waals surface area contributed by atoms with Crippen molar-refractivity contribution in [2.75, 3.05) is 19.8 Å². The van der Waals surface area contributed by atoms with Gasteiger partial charge in [-0.25, -0.2) is 4.79 Å². The molecule has 18 heteroatoms. The van der Waals surface area contributed by atoms with E-state index in [1.54, 1.807) is 111 Å². The van der Waals surface area contributed by atoms with Gasteiger partial charge in [-0.05, 0) is 180 Å². The topological polar surface area (TPSA) is 170 Å². The molecule has 1 heterocycles. The second-order valence-corrected chi connectivity index (χ2v) is 19.4. The van der Waals surface area contributed by atoms with Gasteiger partial charge in [-0.3, -0.25) is 24.5 Å². The molecule has 1 saturated heterocycles. The largest absolute Gasteiger partial charge is 0.486 e. The molecule has 8 rings (SSSR count). The van der Waals surface area contributed by atoms with Gasteiger partial charge < -0.3 is 29.0 Å². The molecule has 78 heavy (non-hydrogen) atoms. The van der Waals surface area contributed by atoms with Crippen LogP contribution in [0.15, 0.2) is 176 Å². The van der Waals surface area contributed by atoms with Gasteiger partial charge in [-0.1, -0.05) is 53.5 Å². The van der Waals surface area contributed by atoms with Crippen LogP contribution in [0.25, 0.3) is 0 Å². The van der Waals surface area contributed by atoms with Crippen molar-refractivity contribution in [3.8, 4) is 23.0 Å². The van der Waals surface area contributed by atoms with Crippen LogP contribution in [0.5, 0.6) is 23.0 Å². The number of nitrogens with zero attached hydrogens (tertiary/aromatic N) is 1. The second kappa shape index (κ2) is 27.3. The number of halogens is 5. The molecule has 1 aliphatic heterocycles. The van der Waals surface area contributed by atoms with E-state index in [4.69, 9.17) is 46.9 Å². The molecule has 1 amide bonds. The number of hydrogen-bond acceptors (Lipinski definition) is 11. The van der Waals surface area contributed by atoms with Crippen molar-refractivity contribution in [3.05, 3.63) is 229 Å². The second-order valence-electron chi connectivity index (χ2n) is 18.5. The lowest BCUT2D eigenvalue weighted by molar-refractivity contribution is -0.384. The number of alkyl halides is 3. The number of ether oxygens (including phenoxy) is 5. The van der Waals surface area contributed by atoms with E-state index in [0.717, 1.165) is 30.9 Å². The first-order valence-corrected chi connectivity index (χ1v) is 25.2. The number of carbonyl (C=O) groups is 4. The van der Waals surface area contributed by atoms with E-state index in [9.17, 15) is 42.5 Å². The number of nitro groups is 1. The van der Waals surface area contributed by atoms with E-state index >= 15 is 0 Å². The molecule has 0 unspecified atom stereocenters. The lowest BCUT2D eigenvalue weighted by Crippen LogP contribution is -2.47. The van der Waals surface area contributed by atoms with Gasteiger partial charge in [0.1, 0.15) is 29.1 Å². The van der Waals surface area contributed by atoms with Crippen LogP contribution in [0.1, 0.15) is 96.0 Å². The highest BCUT2D eigenvalue weighted by atomic mass is 35.5. The van der Waals surface area contributed by atoms with Crippen molar-refractivity contribution in [2.24, 2.45) is 0 Å². The Labute approximate surface area is 459 Å². The summed E-state index contributed by atoms with van der Waals surface area (Å²) in [6, 6.07) is 45.0. The lowest BCUT2D eigenvalue weighted by atomic mass is 10.0. The highest BCUT2D eigenvalue weighted by molar-refractivity contribution is 6.31. The molecule has 0 radical (unpaired) electrons. The summed E-state index contributed by atoms with van der Waals surface area (Å²) in [6.45, 7) is 8.55. The number of nitro benzene ring substituents is 1. The Balaban J connectivity index is 0.000000240. The van der Waals surface area contributed by atoms with Crippen molar-refractivity contribution < 1.29 is 61.0 Å². The summed E-state index contributed by atoms with van der Waals surface area (Å²) in [4.78, 5) is 60.9. The fraction of sp³-hybridized carbons (Fsp3) is 0.233. The van der Waals surface area contributed by atoms with Gasteiger partial charge in [0.05, 0.1) is 10.5 Å². The minimum absolute atomic E-state index is 0.108. The van der Waals surface area contributed by atoms with Gasteiger partial charge in [-0.15, -0.1) is 0 Å². The summed E-state index contributed by atoms with van der Waals surface area (Å²) in [5.74, 6) is -0.149. The number of carbonyl (C=O) groups excluding carboxylic acids is 4. The third kappa shape index (κ3) is 17.8. The molecule has 0 bridgehead atoms. The molecule has 13 nitrogen and oxygen atoms in total. The first kappa shape index (κ1) is 59.2. The summed E-state index contributed by atoms with van der Waals surface area (Å²) in [5, 5.41) is 14.6. The molecule has 406 valence electrons. The number of hydrogen-bond donors (Lipinski definition) is 1. The normalized spacial score (nSPS) is 12.5. The van der Waals surface area contributed by atoms with Gasteiger partial charge in [0.2, 0.25) is 5.60 Å². The van der Waals surface area contributed by atoms with Crippen LogP contribution >= 0.6 is 23.2 Å². The van der Waals surface area contributed by atoms with E-state index in [1.807, 2.05) is 30.3 Å². The first-order valence-electron chi connectivity index (χ1n) is 24.5. The van der Waals surface area contributed by atoms with Gasteiger partial charge in [0, 0.05) is 70.6 Å². The zero-order chi connectivity index (χ0) is 56.5. The van der Waals surface area contributed by atoms with Crippen LogP contribution in [0.3, 0.4) is 0 Å². The smallest absolute Gasteiger partial charge is 0.416 e. The average molecular weight is 1110 g/mol. The van der Waals surface area contributed by atoms with Gasteiger partial charge in [0.25, 0.3) is 11.6 Å². The van der Waals surface area contributed by atoms with Crippen LogP contribution < -0.4 is 24.3 Å². The highest BCUT2D eigenvalue weighted by Gasteiger charge is 2.34. The zero-order valence-electron chi connectivity index (χ0n) is 42.9. The quantitative estimate of drug-likeness (QED) is 0.0285. The molecule has 1 N–H and O–H groups in total. The van der Waals surface area contributed by atoms with Crippen molar-refractivity contribution in [2.45, 2.75) is 70.4 Å². The van der Waals surface area contributed by atoms with Gasteiger partial charge in [-0.2, -0.15) is 13.2 Å². The van der Waals surface area contributed by atoms with Crippen molar-refractivity contribution in [3.63, 3.8) is 0 Å². The minimum atomic E-state index is -4.44. The molecule has 1 fully saturated rings. The van der Waals surface area contributed by atoms with E-state index in [-0.39, 0.29) is 41.2 Å². The van der Waals surface area contributed by atoms with Gasteiger partial charge >= 0.3 is 12.1 Å². The van der Waals surface area contributed by atoms with E-state index < -0.39 is 39.9 Å². The number of esters is 1. The van der Waals surface area contributed by atoms with Crippen molar-refractivity contribution in [1.29, 1.82) is 0 Å². The maximum atomic E-state index is 13.0. The van der Waals surface area contributed by atoms with Crippen LogP contribution in [0.2, 0.25) is 10.0 Å². The van der Waals surface area contributed by atoms with Crippen LogP contribution in [-0.4, -0.2) is 59.3 Å². The minimum Gasteiger partial charge on any atom is -0.486 e. The summed E-state index contributed by atoms with van der Waals surface area (Å²) in [5.41, 5.74) is -0.703. The maximum Gasteiger partial charge on any atom is 0.416 e. The Kier molecular flexibility index (Phi) is 20.7. The van der Waals surface area contributed by atoms with Crippen LogP contribution in [-0.2, 0) is 20.5 Å². The SMILES string of the molecule is C1CCOC1.CC(C)(Oc1ccc(C(=O)c2ccc(Cl)cc2)cc1)C(=O)NCC[C@@H](Oc1ccc(C(F)(F)F)cc1)c1ccccc1.CC(C)(Oc1ccc(C(=O)c2ccc(Cl)cc2)cc1)C(=O)Oc1ccc([N+](=O)[O-])cc1. The molecule has 1 aliphatic rings. The molecular weight excluding hydrogens is 1050 g/mol.